The summed E-state index contributed by atoms with van der Waals surface area (Å²) in [4.78, 5) is 23.7. The zero-order valence-corrected chi connectivity index (χ0v) is 21.4. The van der Waals surface area contributed by atoms with Crippen molar-refractivity contribution in [3.63, 3.8) is 0 Å². The van der Waals surface area contributed by atoms with Gasteiger partial charge in [-0.3, -0.25) is 0 Å². The molecule has 0 N–H and O–H groups in total. The fraction of sp³-hybridized carbons (Fsp3) is 0. The molecule has 4 aromatic rings. The number of rotatable bonds is 6. The molecule has 4 rings (SSSR count). The molecule has 0 radical (unpaired) electrons. The number of hydrogen-bond donors (Lipinski definition) is 0. The summed E-state index contributed by atoms with van der Waals surface area (Å²) in [5.41, 5.74) is 0.878. The van der Waals surface area contributed by atoms with Gasteiger partial charge in [0.15, 0.2) is 0 Å². The molecule has 0 atom stereocenters. The van der Waals surface area contributed by atoms with Crippen molar-refractivity contribution >= 4 is 33.3 Å². The van der Waals surface area contributed by atoms with Crippen LogP contribution < -0.4 is 9.47 Å². The number of ether oxygens (including phenoxy) is 2. The molecule has 0 unspecified atom stereocenters. The molecule has 0 saturated carbocycles. The van der Waals surface area contributed by atoms with Gasteiger partial charge in [0.25, 0.3) is 0 Å². The fourth-order valence-electron chi connectivity index (χ4n) is 2.72. The van der Waals surface area contributed by atoms with Gasteiger partial charge in [-0.1, -0.05) is 70.5 Å². The van der Waals surface area contributed by atoms with E-state index in [2.05, 4.69) is 0 Å². The van der Waals surface area contributed by atoms with Crippen molar-refractivity contribution in [2.75, 3.05) is 0 Å². The Morgan fingerprint density at radius 2 is 0.757 bits per heavy atom. The molecule has 0 aliphatic heterocycles. The van der Waals surface area contributed by atoms with Crippen LogP contribution in [0.1, 0.15) is 20.7 Å². The van der Waals surface area contributed by atoms with E-state index in [-0.39, 0.29) is 26.3 Å². The summed E-state index contributed by atoms with van der Waals surface area (Å²) in [5, 5.41) is 0. The predicted molar refractivity (Wildman–Crippen MR) is 130 cm³/mol. The molecule has 0 fully saturated rings. The minimum atomic E-state index is -2.28. The minimum absolute atomic E-state index is 0. The van der Waals surface area contributed by atoms with Gasteiger partial charge in [-0.05, 0) is 69.9 Å². The third-order valence-corrected chi connectivity index (χ3v) is 5.79. The van der Waals surface area contributed by atoms with E-state index in [1.165, 1.54) is 48.5 Å². The average molecular weight is 581 g/mol. The summed E-state index contributed by atoms with van der Waals surface area (Å²) in [6, 6.07) is 28.3. The third-order valence-electron chi connectivity index (χ3n) is 4.47. The maximum absolute atomic E-state index is 11.7. The van der Waals surface area contributed by atoms with Crippen LogP contribution in [-0.4, -0.2) is 11.9 Å². The maximum atomic E-state index is 11.7. The molecular formula is C26H18NiO8S2. The molecule has 0 aliphatic rings. The molecule has 0 saturated heterocycles. The molecule has 192 valence electrons. The largest absolute Gasteiger partial charge is 2.00 e. The van der Waals surface area contributed by atoms with Gasteiger partial charge >= 0.3 is 28.4 Å². The molecule has 8 nitrogen and oxygen atoms in total. The van der Waals surface area contributed by atoms with E-state index in [1.54, 1.807) is 60.7 Å². The quantitative estimate of drug-likeness (QED) is 0.133. The first-order chi connectivity index (χ1) is 17.3. The molecular weight excluding hydrogens is 563 g/mol. The first-order valence-electron chi connectivity index (χ1n) is 10.3. The summed E-state index contributed by atoms with van der Waals surface area (Å²) in [6.45, 7) is 0. The first-order valence-corrected chi connectivity index (χ1v) is 12.4. The molecule has 0 bridgehead atoms. The summed E-state index contributed by atoms with van der Waals surface area (Å²) in [7, 11) is -4.55. The van der Waals surface area contributed by atoms with Crippen LogP contribution >= 0.6 is 0 Å². The van der Waals surface area contributed by atoms with E-state index in [4.69, 9.17) is 9.47 Å². The van der Waals surface area contributed by atoms with Crippen molar-refractivity contribution in [2.45, 2.75) is 9.79 Å². The smallest absolute Gasteiger partial charge is 0.423 e. The molecule has 0 spiro atoms. The second-order valence-electron chi connectivity index (χ2n) is 6.92. The number of esters is 2. The van der Waals surface area contributed by atoms with Crippen molar-refractivity contribution in [2.24, 2.45) is 0 Å². The Bertz CT molecular complexity index is 1340. The van der Waals surface area contributed by atoms with Gasteiger partial charge in [-0.2, -0.15) is 0 Å². The summed E-state index contributed by atoms with van der Waals surface area (Å²) in [6.07, 6.45) is 0. The molecule has 0 heterocycles. The predicted octanol–water partition coefficient (Wildman–Crippen LogP) is 5.15. The van der Waals surface area contributed by atoms with Crippen LogP contribution in [0.2, 0.25) is 0 Å². The zero-order chi connectivity index (χ0) is 25.9. The van der Waals surface area contributed by atoms with Gasteiger partial charge in [0.05, 0.1) is 11.1 Å². The molecule has 0 aromatic heterocycles. The van der Waals surface area contributed by atoms with Crippen LogP contribution in [0, 0.1) is 0 Å². The standard InChI is InChI=1S/2C13H9O4S.Ni/c2*14-13(10-4-2-1-3-5-10)17-11-6-8-12(9-7-11)18(15)16;/h2*1-9H;/q2*-1;+2. The Kier molecular flexibility index (Phi) is 11.7. The van der Waals surface area contributed by atoms with Gasteiger partial charge in [0.2, 0.25) is 0 Å². The third kappa shape index (κ3) is 9.31. The number of carbonyl (C=O) groups excluding carboxylic acids is 2. The van der Waals surface area contributed by atoms with Crippen LogP contribution in [0.3, 0.4) is 0 Å². The van der Waals surface area contributed by atoms with E-state index in [0.717, 1.165) is 0 Å². The second-order valence-corrected chi connectivity index (χ2v) is 8.80. The van der Waals surface area contributed by atoms with Gasteiger partial charge in [-0.25, -0.2) is 9.59 Å². The number of benzene rings is 4. The second kappa shape index (κ2) is 14.7. The van der Waals surface area contributed by atoms with E-state index in [9.17, 15) is 26.4 Å². The Morgan fingerprint density at radius 3 is 1.03 bits per heavy atom. The Balaban J connectivity index is 0.000000253. The topological polar surface area (TPSA) is 121 Å². The van der Waals surface area contributed by atoms with Crippen LogP contribution in [0.15, 0.2) is 119 Å². The minimum Gasteiger partial charge on any atom is -0.423 e. The SMILES string of the molecule is O=C(Oc1ccc([S-](=O)=O)cc1)c1ccccc1.O=C(Oc1ccc([S-](=O)=O)cc1)c1ccccc1.[Ni+2]. The normalized spacial score (nSPS) is 10.0. The summed E-state index contributed by atoms with van der Waals surface area (Å²) < 4.78 is 52.8. The Hall–Kier alpha value is -3.79. The van der Waals surface area contributed by atoms with Gasteiger partial charge in [0.1, 0.15) is 11.5 Å². The van der Waals surface area contributed by atoms with Gasteiger partial charge in [0, 0.05) is 0 Å². The van der Waals surface area contributed by atoms with Gasteiger partial charge in [-0.15, -0.1) is 0 Å². The van der Waals surface area contributed by atoms with Crippen LogP contribution in [0.4, 0.5) is 0 Å². The fourth-order valence-corrected chi connectivity index (χ4v) is 3.43. The average Bonchev–Trinajstić information content (AvgIpc) is 2.90. The van der Waals surface area contributed by atoms with Crippen molar-refractivity contribution in [1.29, 1.82) is 0 Å². The number of hydrogen-bond acceptors (Lipinski definition) is 10. The van der Waals surface area contributed by atoms with Crippen molar-refractivity contribution in [1.82, 2.24) is 0 Å². The maximum Gasteiger partial charge on any atom is 2.00 e. The van der Waals surface area contributed by atoms with Crippen molar-refractivity contribution < 1.29 is 52.4 Å². The van der Waals surface area contributed by atoms with E-state index in [0.29, 0.717) is 22.6 Å². The molecule has 11 heteroatoms. The van der Waals surface area contributed by atoms with Crippen LogP contribution in [0.5, 0.6) is 11.5 Å². The van der Waals surface area contributed by atoms with Crippen LogP contribution in [0.25, 0.3) is 0 Å². The van der Waals surface area contributed by atoms with Gasteiger partial charge < -0.3 is 26.3 Å². The van der Waals surface area contributed by atoms with Crippen LogP contribution in [-0.2, 0) is 54.7 Å². The summed E-state index contributed by atoms with van der Waals surface area (Å²) >= 11 is 0. The van der Waals surface area contributed by atoms with E-state index >= 15 is 0 Å². The van der Waals surface area contributed by atoms with E-state index < -0.39 is 33.3 Å². The molecule has 0 aliphatic carbocycles. The molecule has 0 amide bonds. The zero-order valence-electron chi connectivity index (χ0n) is 18.8. The van der Waals surface area contributed by atoms with E-state index in [1.807, 2.05) is 0 Å². The Morgan fingerprint density at radius 1 is 0.459 bits per heavy atom. The first kappa shape index (κ1) is 29.4. The Labute approximate surface area is 226 Å². The monoisotopic (exact) mass is 580 g/mol. The number of carbonyl (C=O) groups is 2. The molecule has 4 aromatic carbocycles. The van der Waals surface area contributed by atoms with Crippen molar-refractivity contribution in [3.8, 4) is 11.5 Å². The summed E-state index contributed by atoms with van der Waals surface area (Å²) in [5.74, 6) is -0.353. The molecule has 37 heavy (non-hydrogen) atoms. The van der Waals surface area contributed by atoms with Crippen molar-refractivity contribution in [3.05, 3.63) is 120 Å².